The van der Waals surface area contributed by atoms with Crippen molar-refractivity contribution in [3.05, 3.63) is 0 Å². The van der Waals surface area contributed by atoms with Crippen LogP contribution in [0.25, 0.3) is 0 Å². The highest BCUT2D eigenvalue weighted by atomic mass is 127. The van der Waals surface area contributed by atoms with E-state index in [2.05, 4.69) is 48.2 Å². The van der Waals surface area contributed by atoms with Gasteiger partial charge in [-0.2, -0.15) is 0 Å². The Bertz CT molecular complexity index is 509. The number of rotatable bonds is 9. The average molecular weight is 488 g/mol. The van der Waals surface area contributed by atoms with Crippen molar-refractivity contribution in [3.8, 4) is 0 Å². The summed E-state index contributed by atoms with van der Waals surface area (Å²) in [5.74, 6) is 1.04. The fraction of sp³-hybridized carbons (Fsp3) is 0.941. The number of nitrogens with one attached hydrogen (secondary N) is 2. The van der Waals surface area contributed by atoms with E-state index < -0.39 is 9.84 Å². The lowest BCUT2D eigenvalue weighted by Gasteiger charge is -2.25. The number of halogens is 1. The summed E-state index contributed by atoms with van der Waals surface area (Å²) in [7, 11) is -2.92. The zero-order valence-corrected chi connectivity index (χ0v) is 19.6. The lowest BCUT2D eigenvalue weighted by atomic mass is 9.90. The standard InChI is InChI=1S/C17H36N4O2S.HI/c1-6-18-16(19-13-15-9-8-11-21(15)7-2)20-14-17(3,4)10-12-24(5,22)23;/h15H,6-14H2,1-5H3,(H2,18,19,20);1H. The van der Waals surface area contributed by atoms with Crippen LogP contribution in [-0.2, 0) is 9.84 Å². The minimum atomic E-state index is -2.92. The number of hydrogen-bond donors (Lipinski definition) is 2. The molecule has 0 aromatic rings. The molecule has 1 aliphatic rings. The molecule has 0 bridgehead atoms. The van der Waals surface area contributed by atoms with Crippen LogP contribution in [0.3, 0.4) is 0 Å². The van der Waals surface area contributed by atoms with Crippen LogP contribution < -0.4 is 10.6 Å². The zero-order valence-electron chi connectivity index (χ0n) is 16.5. The van der Waals surface area contributed by atoms with Gasteiger partial charge in [-0.05, 0) is 44.7 Å². The minimum absolute atomic E-state index is 0. The number of likely N-dealkylation sites (N-methyl/N-ethyl adjacent to an activating group) is 1. The molecule has 25 heavy (non-hydrogen) atoms. The molecule has 8 heteroatoms. The molecule has 150 valence electrons. The van der Waals surface area contributed by atoms with Gasteiger partial charge in [-0.3, -0.25) is 9.89 Å². The summed E-state index contributed by atoms with van der Waals surface area (Å²) < 4.78 is 22.7. The molecule has 0 aromatic carbocycles. The summed E-state index contributed by atoms with van der Waals surface area (Å²) >= 11 is 0. The molecule has 6 nitrogen and oxygen atoms in total. The highest BCUT2D eigenvalue weighted by molar-refractivity contribution is 14.0. The maximum Gasteiger partial charge on any atom is 0.191 e. The fourth-order valence-electron chi connectivity index (χ4n) is 2.93. The summed E-state index contributed by atoms with van der Waals surface area (Å²) in [4.78, 5) is 7.19. The maximum absolute atomic E-state index is 11.4. The number of hydrogen-bond acceptors (Lipinski definition) is 4. The number of nitrogens with zero attached hydrogens (tertiary/aromatic N) is 2. The molecular formula is C17H37IN4O2S. The van der Waals surface area contributed by atoms with E-state index in [1.165, 1.54) is 25.6 Å². The van der Waals surface area contributed by atoms with Crippen LogP contribution >= 0.6 is 24.0 Å². The van der Waals surface area contributed by atoms with Gasteiger partial charge >= 0.3 is 0 Å². The van der Waals surface area contributed by atoms with Crippen LogP contribution in [0.15, 0.2) is 4.99 Å². The van der Waals surface area contributed by atoms with E-state index in [4.69, 9.17) is 0 Å². The Morgan fingerprint density at radius 2 is 1.96 bits per heavy atom. The second-order valence-corrected chi connectivity index (χ2v) is 9.80. The second-order valence-electron chi connectivity index (χ2n) is 7.54. The van der Waals surface area contributed by atoms with E-state index >= 15 is 0 Å². The van der Waals surface area contributed by atoms with Crippen LogP contribution in [-0.4, -0.2) is 70.1 Å². The third-order valence-corrected chi connectivity index (χ3v) is 5.52. The van der Waals surface area contributed by atoms with Crippen molar-refractivity contribution >= 4 is 39.8 Å². The number of sulfone groups is 1. The predicted octanol–water partition coefficient (Wildman–Crippen LogP) is 2.10. The van der Waals surface area contributed by atoms with Gasteiger partial charge < -0.3 is 10.6 Å². The molecule has 0 aliphatic carbocycles. The molecule has 0 amide bonds. The second kappa shape index (κ2) is 11.6. The van der Waals surface area contributed by atoms with Gasteiger partial charge in [-0.1, -0.05) is 20.8 Å². The molecule has 0 radical (unpaired) electrons. The Labute approximate surface area is 171 Å². The van der Waals surface area contributed by atoms with Crippen molar-refractivity contribution in [2.45, 2.75) is 53.0 Å². The van der Waals surface area contributed by atoms with Gasteiger partial charge in [0.05, 0.1) is 5.75 Å². The molecule has 1 heterocycles. The van der Waals surface area contributed by atoms with Crippen molar-refractivity contribution in [2.24, 2.45) is 10.4 Å². The van der Waals surface area contributed by atoms with Crippen molar-refractivity contribution in [1.29, 1.82) is 0 Å². The molecule has 0 aromatic heterocycles. The molecule has 1 unspecified atom stereocenters. The summed E-state index contributed by atoms with van der Waals surface area (Å²) in [5.41, 5.74) is -0.131. The van der Waals surface area contributed by atoms with E-state index in [1.54, 1.807) is 0 Å². The van der Waals surface area contributed by atoms with Gasteiger partial charge in [0.15, 0.2) is 5.96 Å². The Hall–Kier alpha value is -0.0900. The SMILES string of the molecule is CCNC(=NCC(C)(C)CCS(C)(=O)=O)NCC1CCCN1CC.I. The smallest absolute Gasteiger partial charge is 0.191 e. The molecule has 0 saturated carbocycles. The van der Waals surface area contributed by atoms with E-state index in [-0.39, 0.29) is 35.1 Å². The number of likely N-dealkylation sites (tertiary alicyclic amines) is 1. The van der Waals surface area contributed by atoms with Gasteiger partial charge in [-0.15, -0.1) is 24.0 Å². The zero-order chi connectivity index (χ0) is 18.2. The van der Waals surface area contributed by atoms with Crippen LogP contribution in [0.5, 0.6) is 0 Å². The van der Waals surface area contributed by atoms with Crippen LogP contribution in [0.4, 0.5) is 0 Å². The molecule has 2 N–H and O–H groups in total. The van der Waals surface area contributed by atoms with E-state index in [0.717, 1.165) is 25.6 Å². The van der Waals surface area contributed by atoms with Gasteiger partial charge in [-0.25, -0.2) is 8.42 Å². The topological polar surface area (TPSA) is 73.8 Å². The molecule has 1 aliphatic heterocycles. The highest BCUT2D eigenvalue weighted by Crippen LogP contribution is 2.21. The normalized spacial score (nSPS) is 19.6. The van der Waals surface area contributed by atoms with Crippen molar-refractivity contribution < 1.29 is 8.42 Å². The Kier molecular flexibility index (Phi) is 11.5. The van der Waals surface area contributed by atoms with E-state index in [0.29, 0.717) is 19.0 Å². The van der Waals surface area contributed by atoms with E-state index in [1.807, 2.05) is 0 Å². The van der Waals surface area contributed by atoms with Crippen molar-refractivity contribution in [1.82, 2.24) is 15.5 Å². The van der Waals surface area contributed by atoms with Crippen molar-refractivity contribution in [3.63, 3.8) is 0 Å². The first-order valence-electron chi connectivity index (χ1n) is 9.11. The third-order valence-electron chi connectivity index (χ3n) is 4.57. The monoisotopic (exact) mass is 488 g/mol. The summed E-state index contributed by atoms with van der Waals surface area (Å²) in [6.45, 7) is 13.0. The van der Waals surface area contributed by atoms with Gasteiger partial charge in [0.2, 0.25) is 0 Å². The van der Waals surface area contributed by atoms with Crippen molar-refractivity contribution in [2.75, 3.05) is 44.7 Å². The number of aliphatic imine (C=N–C) groups is 1. The number of guanidine groups is 1. The van der Waals surface area contributed by atoms with E-state index in [9.17, 15) is 8.42 Å². The predicted molar refractivity (Wildman–Crippen MR) is 118 cm³/mol. The minimum Gasteiger partial charge on any atom is -0.357 e. The van der Waals surface area contributed by atoms with Gasteiger partial charge in [0, 0.05) is 31.9 Å². The first kappa shape index (κ1) is 24.9. The quantitative estimate of drug-likeness (QED) is 0.296. The summed E-state index contributed by atoms with van der Waals surface area (Å²) in [6.07, 6.45) is 4.42. The third kappa shape index (κ3) is 10.6. The van der Waals surface area contributed by atoms with Crippen LogP contribution in [0.2, 0.25) is 0 Å². The maximum atomic E-state index is 11.4. The molecule has 0 spiro atoms. The largest absolute Gasteiger partial charge is 0.357 e. The van der Waals surface area contributed by atoms with Crippen LogP contribution in [0, 0.1) is 5.41 Å². The average Bonchev–Trinajstić information content (AvgIpc) is 2.95. The first-order valence-corrected chi connectivity index (χ1v) is 11.2. The molecular weight excluding hydrogens is 451 g/mol. The Balaban J connectivity index is 0.00000576. The van der Waals surface area contributed by atoms with Gasteiger partial charge in [0.25, 0.3) is 0 Å². The summed E-state index contributed by atoms with van der Waals surface area (Å²) in [6, 6.07) is 0.581. The molecule has 1 saturated heterocycles. The summed E-state index contributed by atoms with van der Waals surface area (Å²) in [5, 5.41) is 6.74. The molecule has 1 fully saturated rings. The lowest BCUT2D eigenvalue weighted by molar-refractivity contribution is 0.267. The lowest BCUT2D eigenvalue weighted by Crippen LogP contribution is -2.45. The Morgan fingerprint density at radius 1 is 1.28 bits per heavy atom. The molecule has 1 rings (SSSR count). The highest BCUT2D eigenvalue weighted by Gasteiger charge is 2.23. The fourth-order valence-corrected chi connectivity index (χ4v) is 3.86. The first-order chi connectivity index (χ1) is 11.2. The van der Waals surface area contributed by atoms with Gasteiger partial charge in [0.1, 0.15) is 9.84 Å². The Morgan fingerprint density at radius 3 is 2.52 bits per heavy atom. The molecule has 1 atom stereocenters. The van der Waals surface area contributed by atoms with Crippen LogP contribution in [0.1, 0.15) is 47.0 Å².